The summed E-state index contributed by atoms with van der Waals surface area (Å²) in [6.07, 6.45) is 3.80. The molecule has 2 saturated heterocycles. The van der Waals surface area contributed by atoms with Crippen molar-refractivity contribution < 1.29 is 9.53 Å². The van der Waals surface area contributed by atoms with Crippen molar-refractivity contribution in [3.05, 3.63) is 29.6 Å². The Morgan fingerprint density at radius 3 is 2.87 bits per heavy atom. The number of carbonyl (C=O) groups excluding carboxylic acids is 1. The summed E-state index contributed by atoms with van der Waals surface area (Å²) in [4.78, 5) is 21.4. The predicted octanol–water partition coefficient (Wildman–Crippen LogP) is 1.83. The lowest BCUT2D eigenvalue weighted by molar-refractivity contribution is -0.0171. The lowest BCUT2D eigenvalue weighted by atomic mass is 9.93. The highest BCUT2D eigenvalue weighted by Gasteiger charge is 2.34. The molecule has 2 atom stereocenters. The van der Waals surface area contributed by atoms with Gasteiger partial charge in [-0.25, -0.2) is 0 Å². The summed E-state index contributed by atoms with van der Waals surface area (Å²) in [6, 6.07) is 3.84. The van der Waals surface area contributed by atoms with Gasteiger partial charge in [-0.3, -0.25) is 9.78 Å². The Hall–Kier alpha value is -1.46. The first-order valence-corrected chi connectivity index (χ1v) is 8.79. The number of hydrogen-bond acceptors (Lipinski definition) is 4. The van der Waals surface area contributed by atoms with Crippen LogP contribution in [0.5, 0.6) is 0 Å². The van der Waals surface area contributed by atoms with Crippen molar-refractivity contribution in [3.8, 4) is 0 Å². The van der Waals surface area contributed by atoms with E-state index in [2.05, 4.69) is 23.7 Å². The highest BCUT2D eigenvalue weighted by molar-refractivity contribution is 5.94. The molecule has 5 nitrogen and oxygen atoms in total. The maximum atomic E-state index is 12.7. The summed E-state index contributed by atoms with van der Waals surface area (Å²) in [5, 5.41) is 0. The van der Waals surface area contributed by atoms with Gasteiger partial charge < -0.3 is 14.5 Å². The Morgan fingerprint density at radius 2 is 2.17 bits per heavy atom. The number of likely N-dealkylation sites (tertiary alicyclic amines) is 1. The normalized spacial score (nSPS) is 25.7. The zero-order valence-corrected chi connectivity index (χ0v) is 14.2. The van der Waals surface area contributed by atoms with Gasteiger partial charge in [-0.2, -0.15) is 0 Å². The zero-order chi connectivity index (χ0) is 16.2. The van der Waals surface area contributed by atoms with Crippen LogP contribution < -0.4 is 0 Å². The quantitative estimate of drug-likeness (QED) is 0.853. The molecule has 3 rings (SSSR count). The number of fused-ring (bicyclic) bond motifs is 1. The average molecular weight is 317 g/mol. The first-order valence-electron chi connectivity index (χ1n) is 8.79. The zero-order valence-electron chi connectivity index (χ0n) is 14.2. The van der Waals surface area contributed by atoms with E-state index in [1.807, 2.05) is 17.0 Å². The first-order chi connectivity index (χ1) is 11.2. The van der Waals surface area contributed by atoms with Crippen LogP contribution in [-0.4, -0.2) is 66.1 Å². The third kappa shape index (κ3) is 3.72. The molecule has 1 amide bonds. The molecule has 0 N–H and O–H groups in total. The number of carbonyl (C=O) groups is 1. The number of ether oxygens (including phenoxy) is 1. The summed E-state index contributed by atoms with van der Waals surface area (Å²) in [6.45, 7) is 9.72. The van der Waals surface area contributed by atoms with E-state index < -0.39 is 0 Å². The van der Waals surface area contributed by atoms with Crippen molar-refractivity contribution in [1.29, 1.82) is 0 Å². The molecule has 1 aromatic rings. The van der Waals surface area contributed by atoms with Crippen LogP contribution in [0.2, 0.25) is 0 Å². The highest BCUT2D eigenvalue weighted by Crippen LogP contribution is 2.25. The van der Waals surface area contributed by atoms with Crippen LogP contribution in [0.3, 0.4) is 0 Å². The van der Waals surface area contributed by atoms with Crippen molar-refractivity contribution in [2.75, 3.05) is 39.3 Å². The number of aromatic nitrogens is 1. The lowest BCUT2D eigenvalue weighted by Gasteiger charge is -2.38. The standard InChI is InChI=1S/C18H27N3O2/c1-3-16-6-5-14(11-19-16)18(22)21-8-7-15-12-20(4-2)9-10-23-17(15)13-21/h5-6,11,15,17H,3-4,7-10,12-13H2,1-2H3. The molecule has 3 heterocycles. The smallest absolute Gasteiger partial charge is 0.255 e. The third-order valence-corrected chi connectivity index (χ3v) is 5.10. The molecule has 0 spiro atoms. The molecule has 0 bridgehead atoms. The minimum atomic E-state index is 0.0822. The van der Waals surface area contributed by atoms with Crippen LogP contribution in [0.1, 0.15) is 36.3 Å². The molecule has 1 aromatic heterocycles. The number of amides is 1. The number of likely N-dealkylation sites (N-methyl/N-ethyl adjacent to an activating group) is 1. The highest BCUT2D eigenvalue weighted by atomic mass is 16.5. The molecule has 0 aliphatic carbocycles. The minimum Gasteiger partial charge on any atom is -0.375 e. The second-order valence-corrected chi connectivity index (χ2v) is 6.49. The molecule has 126 valence electrons. The Balaban J connectivity index is 1.65. The molecule has 5 heteroatoms. The monoisotopic (exact) mass is 317 g/mol. The van der Waals surface area contributed by atoms with E-state index in [0.717, 1.165) is 51.3 Å². The van der Waals surface area contributed by atoms with Gasteiger partial charge >= 0.3 is 0 Å². The Morgan fingerprint density at radius 1 is 1.30 bits per heavy atom. The van der Waals surface area contributed by atoms with Crippen LogP contribution >= 0.6 is 0 Å². The van der Waals surface area contributed by atoms with Crippen molar-refractivity contribution in [2.24, 2.45) is 5.92 Å². The molecular weight excluding hydrogens is 290 g/mol. The number of rotatable bonds is 3. The fourth-order valence-electron chi connectivity index (χ4n) is 3.53. The minimum absolute atomic E-state index is 0.0822. The van der Waals surface area contributed by atoms with Crippen LogP contribution in [0, 0.1) is 5.92 Å². The number of aryl methyl sites for hydroxylation is 1. The van der Waals surface area contributed by atoms with E-state index >= 15 is 0 Å². The number of piperidine rings is 1. The molecule has 2 aliphatic rings. The van der Waals surface area contributed by atoms with Gasteiger partial charge in [-0.15, -0.1) is 0 Å². The molecule has 2 aliphatic heterocycles. The van der Waals surface area contributed by atoms with Crippen molar-refractivity contribution >= 4 is 5.91 Å². The molecule has 0 aromatic carbocycles. The third-order valence-electron chi connectivity index (χ3n) is 5.10. The fourth-order valence-corrected chi connectivity index (χ4v) is 3.53. The van der Waals surface area contributed by atoms with Gasteiger partial charge in [0.15, 0.2) is 0 Å². The second kappa shape index (κ2) is 7.41. The van der Waals surface area contributed by atoms with Gasteiger partial charge in [-0.1, -0.05) is 13.8 Å². The number of pyridine rings is 1. The average Bonchev–Trinajstić information content (AvgIpc) is 2.82. The van der Waals surface area contributed by atoms with E-state index in [0.29, 0.717) is 18.0 Å². The predicted molar refractivity (Wildman–Crippen MR) is 89.5 cm³/mol. The van der Waals surface area contributed by atoms with Crippen molar-refractivity contribution in [3.63, 3.8) is 0 Å². The summed E-state index contributed by atoms with van der Waals surface area (Å²) in [5.74, 6) is 0.626. The van der Waals surface area contributed by atoms with E-state index in [-0.39, 0.29) is 12.0 Å². The van der Waals surface area contributed by atoms with E-state index in [4.69, 9.17) is 4.74 Å². The van der Waals surface area contributed by atoms with Gasteiger partial charge in [0.05, 0.1) is 18.3 Å². The van der Waals surface area contributed by atoms with Gasteiger partial charge in [0.25, 0.3) is 5.91 Å². The van der Waals surface area contributed by atoms with Crippen molar-refractivity contribution in [1.82, 2.24) is 14.8 Å². The molecule has 2 unspecified atom stereocenters. The first kappa shape index (κ1) is 16.4. The van der Waals surface area contributed by atoms with Gasteiger partial charge in [0.2, 0.25) is 0 Å². The Kier molecular flexibility index (Phi) is 5.28. The van der Waals surface area contributed by atoms with E-state index in [1.165, 1.54) is 0 Å². The topological polar surface area (TPSA) is 45.7 Å². The maximum absolute atomic E-state index is 12.7. The summed E-state index contributed by atoms with van der Waals surface area (Å²) in [7, 11) is 0. The molecular formula is C18H27N3O2. The SMILES string of the molecule is CCc1ccc(C(=O)N2CCC3CN(CC)CCOC3C2)cn1. The van der Waals surface area contributed by atoms with Crippen LogP contribution in [-0.2, 0) is 11.2 Å². The van der Waals surface area contributed by atoms with E-state index in [9.17, 15) is 4.79 Å². The molecule has 0 radical (unpaired) electrons. The van der Waals surface area contributed by atoms with Crippen LogP contribution in [0.25, 0.3) is 0 Å². The molecule has 0 saturated carbocycles. The van der Waals surface area contributed by atoms with Gasteiger partial charge in [0, 0.05) is 44.0 Å². The van der Waals surface area contributed by atoms with Gasteiger partial charge in [0.1, 0.15) is 0 Å². The number of hydrogen-bond donors (Lipinski definition) is 0. The largest absolute Gasteiger partial charge is 0.375 e. The number of nitrogens with zero attached hydrogens (tertiary/aromatic N) is 3. The molecule has 2 fully saturated rings. The van der Waals surface area contributed by atoms with Crippen molar-refractivity contribution in [2.45, 2.75) is 32.8 Å². The Labute approximate surface area is 138 Å². The van der Waals surface area contributed by atoms with Gasteiger partial charge in [-0.05, 0) is 31.5 Å². The Bertz CT molecular complexity index is 532. The van der Waals surface area contributed by atoms with Crippen LogP contribution in [0.4, 0.5) is 0 Å². The second-order valence-electron chi connectivity index (χ2n) is 6.49. The molecule has 23 heavy (non-hydrogen) atoms. The summed E-state index contributed by atoms with van der Waals surface area (Å²) in [5.41, 5.74) is 1.71. The summed E-state index contributed by atoms with van der Waals surface area (Å²) >= 11 is 0. The lowest BCUT2D eigenvalue weighted by Crippen LogP contribution is -2.49. The van der Waals surface area contributed by atoms with Crippen LogP contribution in [0.15, 0.2) is 18.3 Å². The van der Waals surface area contributed by atoms with E-state index in [1.54, 1.807) is 6.20 Å². The summed E-state index contributed by atoms with van der Waals surface area (Å²) < 4.78 is 6.04. The fraction of sp³-hybridized carbons (Fsp3) is 0.667. The maximum Gasteiger partial charge on any atom is 0.255 e.